The Morgan fingerprint density at radius 3 is 2.64 bits per heavy atom. The van der Waals surface area contributed by atoms with Gasteiger partial charge >= 0.3 is 5.97 Å². The molecule has 0 fully saturated rings. The van der Waals surface area contributed by atoms with E-state index >= 15 is 0 Å². The summed E-state index contributed by atoms with van der Waals surface area (Å²) in [6.45, 7) is 1.36. The first kappa shape index (κ1) is 10.7. The number of rotatable bonds is 3. The number of hydrogen-bond acceptors (Lipinski definition) is 2. The predicted octanol–water partition coefficient (Wildman–Crippen LogP) is 1.17. The third-order valence-electron chi connectivity index (χ3n) is 2.00. The Kier molecular flexibility index (Phi) is 2.86. The third kappa shape index (κ3) is 2.29. The van der Waals surface area contributed by atoms with Crippen molar-refractivity contribution >= 4 is 5.97 Å². The summed E-state index contributed by atoms with van der Waals surface area (Å²) in [4.78, 5) is 10.7. The highest BCUT2D eigenvalue weighted by Gasteiger charge is 2.28. The lowest BCUT2D eigenvalue weighted by atomic mass is 9.94. The minimum atomic E-state index is -1.43. The van der Waals surface area contributed by atoms with Crippen molar-refractivity contribution in [2.24, 2.45) is 5.73 Å². The van der Waals surface area contributed by atoms with Crippen LogP contribution in [0.4, 0.5) is 4.39 Å². The highest BCUT2D eigenvalue weighted by molar-refractivity contribution is 5.78. The zero-order valence-corrected chi connectivity index (χ0v) is 7.83. The van der Waals surface area contributed by atoms with Crippen molar-refractivity contribution in [3.63, 3.8) is 0 Å². The van der Waals surface area contributed by atoms with E-state index in [1.807, 2.05) is 0 Å². The zero-order chi connectivity index (χ0) is 10.8. The molecule has 0 aliphatic rings. The van der Waals surface area contributed by atoms with Crippen LogP contribution in [0, 0.1) is 5.82 Å². The average molecular weight is 196 g/mol. The summed E-state index contributed by atoms with van der Waals surface area (Å²) in [5.74, 6) is -1.56. The summed E-state index contributed by atoms with van der Waals surface area (Å²) in [5.41, 5.74) is 4.39. The quantitative estimate of drug-likeness (QED) is 0.762. The van der Waals surface area contributed by atoms with E-state index in [1.54, 1.807) is 12.1 Å². The van der Waals surface area contributed by atoms with Crippen LogP contribution < -0.4 is 5.73 Å². The Bertz CT molecular complexity index is 350. The minimum Gasteiger partial charge on any atom is -0.480 e. The lowest BCUT2D eigenvalue weighted by molar-refractivity contribution is -0.142. The molecule has 0 aliphatic carbocycles. The van der Waals surface area contributed by atoms with Gasteiger partial charge in [-0.25, -0.2) is 4.39 Å². The van der Waals surface area contributed by atoms with Crippen molar-refractivity contribution in [3.05, 3.63) is 35.6 Å². The van der Waals surface area contributed by atoms with E-state index in [0.29, 0.717) is 5.56 Å². The molecule has 1 atom stereocenters. The normalized spacial score (nSPS) is 14.8. The van der Waals surface area contributed by atoms with E-state index in [1.165, 1.54) is 19.1 Å². The van der Waals surface area contributed by atoms with E-state index in [4.69, 9.17) is 10.8 Å². The van der Waals surface area contributed by atoms with Crippen LogP contribution in [0.15, 0.2) is 24.3 Å². The van der Waals surface area contributed by atoms with Gasteiger partial charge in [0.25, 0.3) is 0 Å². The van der Waals surface area contributed by atoms with Gasteiger partial charge in [0.1, 0.15) is 11.4 Å². The summed E-state index contributed by atoms with van der Waals surface area (Å²) in [6, 6.07) is 6.01. The van der Waals surface area contributed by atoms with Crippen LogP contribution in [-0.4, -0.2) is 16.6 Å². The Hall–Kier alpha value is -1.42. The molecule has 0 spiro atoms. The molecule has 14 heavy (non-hydrogen) atoms. The fourth-order valence-electron chi connectivity index (χ4n) is 1.11. The van der Waals surface area contributed by atoms with Crippen LogP contribution >= 0.6 is 0 Å². The first-order valence-electron chi connectivity index (χ1n) is 4.19. The van der Waals surface area contributed by atoms with E-state index in [0.717, 1.165) is 0 Å². The van der Waals surface area contributed by atoms with E-state index < -0.39 is 17.3 Å². The Morgan fingerprint density at radius 1 is 1.57 bits per heavy atom. The molecule has 1 aromatic rings. The number of hydrogen-bond donors (Lipinski definition) is 2. The van der Waals surface area contributed by atoms with Crippen molar-refractivity contribution < 1.29 is 14.3 Å². The maximum absolute atomic E-state index is 13.1. The number of halogens is 1. The van der Waals surface area contributed by atoms with E-state index in [-0.39, 0.29) is 6.42 Å². The number of carboxylic acid groups (broad SMARTS) is 1. The number of carboxylic acids is 1. The molecule has 0 aliphatic heterocycles. The Balaban J connectivity index is 2.89. The van der Waals surface area contributed by atoms with Gasteiger partial charge in [-0.05, 0) is 18.6 Å². The van der Waals surface area contributed by atoms with Gasteiger partial charge in [0.05, 0.1) is 0 Å². The molecule has 3 N–H and O–H groups in total. The SMILES string of the molecule is C[C@](N)(Cc1ccccc1[18F])C(=O)O. The molecule has 0 saturated carbocycles. The molecule has 0 amide bonds. The van der Waals surface area contributed by atoms with E-state index in [2.05, 4.69) is 0 Å². The summed E-state index contributed by atoms with van der Waals surface area (Å²) in [5, 5.41) is 8.75. The van der Waals surface area contributed by atoms with Gasteiger partial charge in [-0.1, -0.05) is 18.2 Å². The molecule has 0 radical (unpaired) electrons. The molecule has 0 bridgehead atoms. The maximum Gasteiger partial charge on any atom is 0.323 e. The standard InChI is InChI=1S/C10H12FNO2/c1-10(12,9(13)14)6-7-4-2-3-5-8(7)11/h2-5H,6,12H2,1H3,(H,13,14)/t10-/m0/s1/i11-1. The molecule has 0 aromatic heterocycles. The summed E-state index contributed by atoms with van der Waals surface area (Å²) < 4.78 is 13.1. The minimum absolute atomic E-state index is 0.0188. The largest absolute Gasteiger partial charge is 0.480 e. The highest BCUT2D eigenvalue weighted by Crippen LogP contribution is 2.14. The van der Waals surface area contributed by atoms with Gasteiger partial charge < -0.3 is 10.8 Å². The third-order valence-corrected chi connectivity index (χ3v) is 2.00. The highest BCUT2D eigenvalue weighted by atomic mass is 18.2. The van der Waals surface area contributed by atoms with Crippen LogP contribution in [0.1, 0.15) is 12.5 Å². The van der Waals surface area contributed by atoms with Crippen molar-refractivity contribution in [2.45, 2.75) is 18.9 Å². The molecular weight excluding hydrogens is 184 g/mol. The maximum atomic E-state index is 13.1. The molecular formula is C10H12FNO2. The second kappa shape index (κ2) is 3.75. The van der Waals surface area contributed by atoms with E-state index in [9.17, 15) is 9.18 Å². The molecule has 1 aromatic carbocycles. The van der Waals surface area contributed by atoms with Gasteiger partial charge in [0, 0.05) is 6.42 Å². The fraction of sp³-hybridized carbons (Fsp3) is 0.300. The molecule has 0 unspecified atom stereocenters. The molecule has 0 saturated heterocycles. The van der Waals surface area contributed by atoms with Crippen LogP contribution in [0.2, 0.25) is 0 Å². The number of nitrogens with two attached hydrogens (primary N) is 1. The van der Waals surface area contributed by atoms with Crippen molar-refractivity contribution in [1.82, 2.24) is 0 Å². The summed E-state index contributed by atoms with van der Waals surface area (Å²) in [6.07, 6.45) is -0.0188. The second-order valence-corrected chi connectivity index (χ2v) is 3.49. The monoisotopic (exact) mass is 196 g/mol. The van der Waals surface area contributed by atoms with Crippen LogP contribution in [-0.2, 0) is 11.2 Å². The molecule has 3 nitrogen and oxygen atoms in total. The van der Waals surface area contributed by atoms with Crippen molar-refractivity contribution in [1.29, 1.82) is 0 Å². The number of benzene rings is 1. The molecule has 0 heterocycles. The van der Waals surface area contributed by atoms with Crippen molar-refractivity contribution in [2.75, 3.05) is 0 Å². The van der Waals surface area contributed by atoms with Gasteiger partial charge in [0.15, 0.2) is 0 Å². The number of carbonyl (C=O) groups is 1. The summed E-state index contributed by atoms with van der Waals surface area (Å²) in [7, 11) is 0. The lowest BCUT2D eigenvalue weighted by Gasteiger charge is -2.19. The van der Waals surface area contributed by atoms with Gasteiger partial charge in [0.2, 0.25) is 0 Å². The Morgan fingerprint density at radius 2 is 2.14 bits per heavy atom. The zero-order valence-electron chi connectivity index (χ0n) is 7.83. The Labute approximate surface area is 81.4 Å². The molecule has 4 heteroatoms. The lowest BCUT2D eigenvalue weighted by Crippen LogP contribution is -2.47. The fourth-order valence-corrected chi connectivity index (χ4v) is 1.11. The second-order valence-electron chi connectivity index (χ2n) is 3.49. The topological polar surface area (TPSA) is 63.3 Å². The first-order valence-corrected chi connectivity index (χ1v) is 4.19. The van der Waals surface area contributed by atoms with Gasteiger partial charge in [-0.2, -0.15) is 0 Å². The molecule has 76 valence electrons. The predicted molar refractivity (Wildman–Crippen MR) is 50.3 cm³/mol. The average Bonchev–Trinajstić information content (AvgIpc) is 2.08. The molecule has 1 rings (SSSR count). The first-order chi connectivity index (χ1) is 6.43. The van der Waals surface area contributed by atoms with Gasteiger partial charge in [-0.3, -0.25) is 4.79 Å². The summed E-state index contributed by atoms with van der Waals surface area (Å²) >= 11 is 0. The van der Waals surface area contributed by atoms with Crippen LogP contribution in [0.25, 0.3) is 0 Å². The van der Waals surface area contributed by atoms with Crippen LogP contribution in [0.5, 0.6) is 0 Å². The number of aliphatic carboxylic acids is 1. The van der Waals surface area contributed by atoms with Gasteiger partial charge in [-0.15, -0.1) is 0 Å². The smallest absolute Gasteiger partial charge is 0.323 e. The van der Waals surface area contributed by atoms with Crippen molar-refractivity contribution in [3.8, 4) is 0 Å². The van der Waals surface area contributed by atoms with Crippen LogP contribution in [0.3, 0.4) is 0 Å².